The maximum atomic E-state index is 12.5. The molecule has 0 atom stereocenters. The normalized spacial score (nSPS) is 15.2. The summed E-state index contributed by atoms with van der Waals surface area (Å²) < 4.78 is 0. The van der Waals surface area contributed by atoms with Gasteiger partial charge in [0.05, 0.1) is 0 Å². The number of hydrogen-bond donors (Lipinski definition) is 2. The number of carbonyl (C=O) groups excluding carboxylic acids is 1. The molecule has 2 amide bonds. The molecule has 28 heavy (non-hydrogen) atoms. The van der Waals surface area contributed by atoms with E-state index in [9.17, 15) is 4.79 Å². The van der Waals surface area contributed by atoms with Crippen LogP contribution in [0.25, 0.3) is 21.9 Å². The Balaban J connectivity index is 1.52. The van der Waals surface area contributed by atoms with E-state index in [1.807, 2.05) is 24.5 Å². The number of carbonyl (C=O) groups is 1. The van der Waals surface area contributed by atoms with Gasteiger partial charge < -0.3 is 10.6 Å². The Morgan fingerprint density at radius 1 is 0.964 bits per heavy atom. The number of pyridine rings is 1. The summed E-state index contributed by atoms with van der Waals surface area (Å²) in [5, 5.41) is 8.46. The lowest BCUT2D eigenvalue weighted by atomic mass is 9.98. The van der Waals surface area contributed by atoms with Crippen molar-refractivity contribution in [3.05, 3.63) is 60.4 Å². The quantitative estimate of drug-likeness (QED) is 0.549. The van der Waals surface area contributed by atoms with Crippen molar-refractivity contribution in [2.24, 2.45) is 0 Å². The number of aryl methyl sites for hydroxylation is 1. The summed E-state index contributed by atoms with van der Waals surface area (Å²) in [6.07, 6.45) is 10.8. The molecule has 1 saturated carbocycles. The molecule has 0 bridgehead atoms. The van der Waals surface area contributed by atoms with Crippen LogP contribution in [0.15, 0.2) is 54.9 Å². The second kappa shape index (κ2) is 8.42. The molecule has 144 valence electrons. The number of rotatable bonds is 3. The zero-order chi connectivity index (χ0) is 19.3. The molecular weight excluding hydrogens is 346 g/mol. The van der Waals surface area contributed by atoms with Crippen molar-refractivity contribution < 1.29 is 4.79 Å². The topological polar surface area (TPSA) is 54.0 Å². The Hall–Kier alpha value is -2.88. The highest BCUT2D eigenvalue weighted by Crippen LogP contribution is 2.29. The van der Waals surface area contributed by atoms with Crippen molar-refractivity contribution in [1.29, 1.82) is 0 Å². The van der Waals surface area contributed by atoms with Gasteiger partial charge in [-0.2, -0.15) is 0 Å². The largest absolute Gasteiger partial charge is 0.335 e. The number of aromatic nitrogens is 1. The number of nitrogens with zero attached hydrogens (tertiary/aromatic N) is 1. The molecule has 0 aliphatic heterocycles. The SMILES string of the molecule is Cc1ccc(NC(=O)NC2CCCCCC2)cc1-c1ccc2ccncc2c1. The van der Waals surface area contributed by atoms with E-state index < -0.39 is 0 Å². The first-order valence-corrected chi connectivity index (χ1v) is 10.2. The standard InChI is InChI=1S/C24H27N3O/c1-17-8-11-22(27-24(28)26-21-6-4-2-3-5-7-21)15-23(17)19-10-9-18-12-13-25-16-20(18)14-19/h8-16,21H,2-7H2,1H3,(H2,26,27,28). The van der Waals surface area contributed by atoms with E-state index >= 15 is 0 Å². The van der Waals surface area contributed by atoms with Gasteiger partial charge in [-0.1, -0.05) is 43.9 Å². The molecule has 0 unspecified atom stereocenters. The summed E-state index contributed by atoms with van der Waals surface area (Å²) in [6, 6.07) is 14.7. The van der Waals surface area contributed by atoms with E-state index in [2.05, 4.69) is 52.9 Å². The maximum absolute atomic E-state index is 12.5. The molecule has 1 heterocycles. The molecule has 3 aromatic rings. The van der Waals surface area contributed by atoms with Crippen molar-refractivity contribution in [2.75, 3.05) is 5.32 Å². The highest BCUT2D eigenvalue weighted by molar-refractivity contribution is 5.92. The van der Waals surface area contributed by atoms with Crippen LogP contribution in [0.5, 0.6) is 0 Å². The monoisotopic (exact) mass is 373 g/mol. The van der Waals surface area contributed by atoms with E-state index in [1.165, 1.54) is 36.6 Å². The third-order valence-electron chi connectivity index (χ3n) is 5.64. The van der Waals surface area contributed by atoms with E-state index in [1.54, 1.807) is 0 Å². The minimum Gasteiger partial charge on any atom is -0.335 e. The minimum atomic E-state index is -0.107. The van der Waals surface area contributed by atoms with Crippen LogP contribution >= 0.6 is 0 Å². The first-order valence-electron chi connectivity index (χ1n) is 10.2. The van der Waals surface area contributed by atoms with Crippen molar-refractivity contribution in [3.8, 4) is 11.1 Å². The van der Waals surface area contributed by atoms with Gasteiger partial charge in [0.15, 0.2) is 0 Å². The van der Waals surface area contributed by atoms with Crippen LogP contribution in [0.3, 0.4) is 0 Å². The average molecular weight is 374 g/mol. The highest BCUT2D eigenvalue weighted by Gasteiger charge is 2.15. The van der Waals surface area contributed by atoms with Crippen LogP contribution in [0.4, 0.5) is 10.5 Å². The summed E-state index contributed by atoms with van der Waals surface area (Å²) >= 11 is 0. The third-order valence-corrected chi connectivity index (χ3v) is 5.64. The van der Waals surface area contributed by atoms with Crippen LogP contribution in [-0.4, -0.2) is 17.1 Å². The van der Waals surface area contributed by atoms with Gasteiger partial charge in [0.25, 0.3) is 0 Å². The van der Waals surface area contributed by atoms with E-state index in [0.717, 1.165) is 35.0 Å². The number of nitrogens with one attached hydrogen (secondary N) is 2. The molecule has 0 spiro atoms. The van der Waals surface area contributed by atoms with E-state index in [-0.39, 0.29) is 6.03 Å². The Kier molecular flexibility index (Phi) is 5.56. The number of amides is 2. The summed E-state index contributed by atoms with van der Waals surface area (Å²) in [6.45, 7) is 2.10. The fraction of sp³-hybridized carbons (Fsp3) is 0.333. The first-order chi connectivity index (χ1) is 13.7. The Bertz CT molecular complexity index is 975. The summed E-state index contributed by atoms with van der Waals surface area (Å²) in [7, 11) is 0. The van der Waals surface area contributed by atoms with Crippen molar-refractivity contribution in [2.45, 2.75) is 51.5 Å². The number of urea groups is 1. The van der Waals surface area contributed by atoms with Crippen LogP contribution < -0.4 is 10.6 Å². The second-order valence-corrected chi connectivity index (χ2v) is 7.75. The van der Waals surface area contributed by atoms with Crippen molar-refractivity contribution >= 4 is 22.5 Å². The van der Waals surface area contributed by atoms with E-state index in [0.29, 0.717) is 6.04 Å². The Morgan fingerprint density at radius 2 is 1.79 bits per heavy atom. The highest BCUT2D eigenvalue weighted by atomic mass is 16.2. The van der Waals surface area contributed by atoms with Crippen LogP contribution in [0, 0.1) is 6.92 Å². The maximum Gasteiger partial charge on any atom is 0.319 e. The average Bonchev–Trinajstić information content (AvgIpc) is 2.97. The van der Waals surface area contributed by atoms with Crippen molar-refractivity contribution in [3.63, 3.8) is 0 Å². The lowest BCUT2D eigenvalue weighted by molar-refractivity contribution is 0.247. The van der Waals surface area contributed by atoms with Gasteiger partial charge in [0.1, 0.15) is 0 Å². The zero-order valence-corrected chi connectivity index (χ0v) is 16.4. The second-order valence-electron chi connectivity index (χ2n) is 7.75. The number of benzene rings is 2. The molecule has 4 rings (SSSR count). The van der Waals surface area contributed by atoms with Gasteiger partial charge in [0.2, 0.25) is 0 Å². The molecule has 0 saturated heterocycles. The molecule has 1 aliphatic carbocycles. The summed E-state index contributed by atoms with van der Waals surface area (Å²) in [5.74, 6) is 0. The third kappa shape index (κ3) is 4.33. The molecule has 4 heteroatoms. The summed E-state index contributed by atoms with van der Waals surface area (Å²) in [5.41, 5.74) is 4.25. The fourth-order valence-corrected chi connectivity index (χ4v) is 4.04. The molecule has 1 aromatic heterocycles. The number of anilines is 1. The molecule has 2 aromatic carbocycles. The predicted octanol–water partition coefficient (Wildman–Crippen LogP) is 6.05. The fourth-order valence-electron chi connectivity index (χ4n) is 4.04. The van der Waals surface area contributed by atoms with Gasteiger partial charge in [-0.15, -0.1) is 0 Å². The first kappa shape index (κ1) is 18.5. The number of fused-ring (bicyclic) bond motifs is 1. The van der Waals surface area contributed by atoms with Crippen molar-refractivity contribution in [1.82, 2.24) is 10.3 Å². The lowest BCUT2D eigenvalue weighted by Crippen LogP contribution is -2.37. The Morgan fingerprint density at radius 3 is 2.61 bits per heavy atom. The van der Waals surface area contributed by atoms with Gasteiger partial charge in [-0.05, 0) is 66.1 Å². The van der Waals surface area contributed by atoms with Gasteiger partial charge in [-0.25, -0.2) is 4.79 Å². The molecule has 4 nitrogen and oxygen atoms in total. The minimum absolute atomic E-state index is 0.107. The van der Waals surface area contributed by atoms with Crippen LogP contribution in [0.2, 0.25) is 0 Å². The van der Waals surface area contributed by atoms with Gasteiger partial charge >= 0.3 is 6.03 Å². The zero-order valence-electron chi connectivity index (χ0n) is 16.4. The predicted molar refractivity (Wildman–Crippen MR) is 116 cm³/mol. The Labute approximate surface area is 166 Å². The molecule has 2 N–H and O–H groups in total. The van der Waals surface area contributed by atoms with E-state index in [4.69, 9.17) is 0 Å². The van der Waals surface area contributed by atoms with Crippen LogP contribution in [0.1, 0.15) is 44.1 Å². The molecule has 1 aliphatic rings. The van der Waals surface area contributed by atoms with Gasteiger partial charge in [-0.3, -0.25) is 4.98 Å². The molecular formula is C24H27N3O. The molecule has 1 fully saturated rings. The van der Waals surface area contributed by atoms with Crippen LogP contribution in [-0.2, 0) is 0 Å². The van der Waals surface area contributed by atoms with Gasteiger partial charge in [0, 0.05) is 29.5 Å². The lowest BCUT2D eigenvalue weighted by Gasteiger charge is -2.17. The number of hydrogen-bond acceptors (Lipinski definition) is 2. The smallest absolute Gasteiger partial charge is 0.319 e. The summed E-state index contributed by atoms with van der Waals surface area (Å²) in [4.78, 5) is 16.7. The molecule has 0 radical (unpaired) electrons.